The first-order chi connectivity index (χ1) is 8.31. The van der Waals surface area contributed by atoms with Crippen molar-refractivity contribution in [2.75, 3.05) is 6.54 Å². The lowest BCUT2D eigenvalue weighted by Gasteiger charge is -2.28. The van der Waals surface area contributed by atoms with E-state index in [0.29, 0.717) is 0 Å². The second-order valence-electron chi connectivity index (χ2n) is 4.89. The molecule has 1 aliphatic rings. The van der Waals surface area contributed by atoms with Gasteiger partial charge in [-0.25, -0.2) is 0 Å². The molecule has 2 nitrogen and oxygen atoms in total. The van der Waals surface area contributed by atoms with E-state index < -0.39 is 0 Å². The van der Waals surface area contributed by atoms with Crippen molar-refractivity contribution in [1.29, 1.82) is 0 Å². The third-order valence-electron chi connectivity index (χ3n) is 3.49. The zero-order valence-electron chi connectivity index (χ0n) is 10.3. The zero-order valence-corrected chi connectivity index (χ0v) is 10.3. The fourth-order valence-corrected chi connectivity index (χ4v) is 2.46. The molecule has 3 rings (SSSR count). The second-order valence-corrected chi connectivity index (χ2v) is 4.89. The lowest BCUT2D eigenvalue weighted by Crippen LogP contribution is -2.32. The second kappa shape index (κ2) is 4.38. The van der Waals surface area contributed by atoms with Gasteiger partial charge in [0.25, 0.3) is 0 Å². The van der Waals surface area contributed by atoms with Gasteiger partial charge in [0, 0.05) is 38.1 Å². The van der Waals surface area contributed by atoms with Gasteiger partial charge in [-0.2, -0.15) is 0 Å². The minimum atomic E-state index is 1.06. The molecule has 0 saturated heterocycles. The zero-order chi connectivity index (χ0) is 11.7. The molecule has 0 fully saturated rings. The number of rotatable bonds is 2. The van der Waals surface area contributed by atoms with Crippen LogP contribution >= 0.6 is 0 Å². The van der Waals surface area contributed by atoms with Crippen molar-refractivity contribution >= 4 is 0 Å². The Morgan fingerprint density at radius 1 is 1.06 bits per heavy atom. The molecule has 0 spiro atoms. The van der Waals surface area contributed by atoms with Crippen LogP contribution in [0.5, 0.6) is 0 Å². The predicted octanol–water partition coefficient (Wildman–Crippen LogP) is 2.81. The van der Waals surface area contributed by atoms with Crippen molar-refractivity contribution in [3.8, 4) is 0 Å². The summed E-state index contributed by atoms with van der Waals surface area (Å²) < 4.78 is 2.35. The SMILES string of the molecule is Cc1ccc(CN2CCn3cccc3C2)cc1. The molecule has 0 N–H and O–H groups in total. The van der Waals surface area contributed by atoms with Crippen LogP contribution in [0.4, 0.5) is 0 Å². The third-order valence-corrected chi connectivity index (χ3v) is 3.49. The van der Waals surface area contributed by atoms with Gasteiger partial charge < -0.3 is 4.57 Å². The van der Waals surface area contributed by atoms with E-state index in [0.717, 1.165) is 26.2 Å². The number of aromatic nitrogens is 1. The molecular formula is C15H18N2. The maximum atomic E-state index is 2.51. The lowest BCUT2D eigenvalue weighted by atomic mass is 10.1. The fourth-order valence-electron chi connectivity index (χ4n) is 2.46. The van der Waals surface area contributed by atoms with Crippen molar-refractivity contribution in [2.24, 2.45) is 0 Å². The first kappa shape index (κ1) is 10.6. The Morgan fingerprint density at radius 3 is 2.71 bits per heavy atom. The summed E-state index contributed by atoms with van der Waals surface area (Å²) in [6.45, 7) is 6.54. The third kappa shape index (κ3) is 2.27. The van der Waals surface area contributed by atoms with Gasteiger partial charge in [0.2, 0.25) is 0 Å². The molecule has 2 heterocycles. The van der Waals surface area contributed by atoms with E-state index >= 15 is 0 Å². The summed E-state index contributed by atoms with van der Waals surface area (Å²) in [6.07, 6.45) is 2.18. The number of nitrogens with zero attached hydrogens (tertiary/aromatic N) is 2. The highest BCUT2D eigenvalue weighted by Gasteiger charge is 2.14. The Labute approximate surface area is 102 Å². The molecule has 0 atom stereocenters. The molecule has 2 heteroatoms. The number of fused-ring (bicyclic) bond motifs is 1. The van der Waals surface area contributed by atoms with Crippen molar-refractivity contribution in [1.82, 2.24) is 9.47 Å². The monoisotopic (exact) mass is 226 g/mol. The molecule has 1 aromatic heterocycles. The normalized spacial score (nSPS) is 15.8. The highest BCUT2D eigenvalue weighted by Crippen LogP contribution is 2.15. The van der Waals surface area contributed by atoms with E-state index in [1.165, 1.54) is 16.8 Å². The molecule has 2 aromatic rings. The molecule has 0 amide bonds. The van der Waals surface area contributed by atoms with Crippen LogP contribution in [0, 0.1) is 6.92 Å². The van der Waals surface area contributed by atoms with Gasteiger partial charge in [-0.1, -0.05) is 29.8 Å². The van der Waals surface area contributed by atoms with Crippen LogP contribution in [0.15, 0.2) is 42.6 Å². The van der Waals surface area contributed by atoms with E-state index in [4.69, 9.17) is 0 Å². The summed E-state index contributed by atoms with van der Waals surface area (Å²) in [5.41, 5.74) is 4.18. The number of aryl methyl sites for hydroxylation is 1. The van der Waals surface area contributed by atoms with E-state index in [2.05, 4.69) is 59.0 Å². The van der Waals surface area contributed by atoms with Crippen LogP contribution in [0.2, 0.25) is 0 Å². The Hall–Kier alpha value is -1.54. The Bertz CT molecular complexity index is 496. The molecule has 88 valence electrons. The quantitative estimate of drug-likeness (QED) is 0.764. The average molecular weight is 226 g/mol. The highest BCUT2D eigenvalue weighted by molar-refractivity contribution is 5.21. The molecular weight excluding hydrogens is 208 g/mol. The van der Waals surface area contributed by atoms with Crippen molar-refractivity contribution in [3.63, 3.8) is 0 Å². The maximum Gasteiger partial charge on any atom is 0.0391 e. The van der Waals surface area contributed by atoms with Gasteiger partial charge >= 0.3 is 0 Å². The first-order valence-electron chi connectivity index (χ1n) is 6.23. The van der Waals surface area contributed by atoms with Gasteiger partial charge in [-0.05, 0) is 24.6 Å². The van der Waals surface area contributed by atoms with Crippen molar-refractivity contribution in [3.05, 3.63) is 59.4 Å². The Kier molecular flexibility index (Phi) is 2.73. The standard InChI is InChI=1S/C15H18N2/c1-13-4-6-14(7-5-13)11-16-9-10-17-8-2-3-15(17)12-16/h2-8H,9-12H2,1H3. The maximum absolute atomic E-state index is 2.51. The highest BCUT2D eigenvalue weighted by atomic mass is 15.2. The number of hydrogen-bond acceptors (Lipinski definition) is 1. The molecule has 0 unspecified atom stereocenters. The lowest BCUT2D eigenvalue weighted by molar-refractivity contribution is 0.213. The van der Waals surface area contributed by atoms with Crippen LogP contribution in [-0.2, 0) is 19.6 Å². The molecule has 1 aliphatic heterocycles. The van der Waals surface area contributed by atoms with Gasteiger partial charge in [0.05, 0.1) is 0 Å². The molecule has 0 aliphatic carbocycles. The smallest absolute Gasteiger partial charge is 0.0391 e. The van der Waals surface area contributed by atoms with Gasteiger partial charge in [0.1, 0.15) is 0 Å². The molecule has 0 saturated carbocycles. The van der Waals surface area contributed by atoms with E-state index in [-0.39, 0.29) is 0 Å². The number of hydrogen-bond donors (Lipinski definition) is 0. The topological polar surface area (TPSA) is 8.17 Å². The van der Waals surface area contributed by atoms with E-state index in [9.17, 15) is 0 Å². The van der Waals surface area contributed by atoms with Crippen molar-refractivity contribution in [2.45, 2.75) is 26.6 Å². The summed E-state index contributed by atoms with van der Waals surface area (Å²) in [5, 5.41) is 0. The summed E-state index contributed by atoms with van der Waals surface area (Å²) in [6, 6.07) is 13.2. The minimum absolute atomic E-state index is 1.06. The van der Waals surface area contributed by atoms with Gasteiger partial charge in [-0.15, -0.1) is 0 Å². The van der Waals surface area contributed by atoms with E-state index in [1.807, 2.05) is 0 Å². The first-order valence-corrected chi connectivity index (χ1v) is 6.23. The van der Waals surface area contributed by atoms with Crippen LogP contribution in [-0.4, -0.2) is 16.0 Å². The fraction of sp³-hybridized carbons (Fsp3) is 0.333. The molecule has 0 radical (unpaired) electrons. The van der Waals surface area contributed by atoms with Crippen LogP contribution < -0.4 is 0 Å². The molecule has 1 aromatic carbocycles. The summed E-state index contributed by atoms with van der Waals surface area (Å²) in [5.74, 6) is 0. The average Bonchev–Trinajstić information content (AvgIpc) is 2.79. The number of benzene rings is 1. The largest absolute Gasteiger partial charge is 0.349 e. The van der Waals surface area contributed by atoms with E-state index in [1.54, 1.807) is 0 Å². The summed E-state index contributed by atoms with van der Waals surface area (Å²) >= 11 is 0. The summed E-state index contributed by atoms with van der Waals surface area (Å²) in [4.78, 5) is 2.51. The minimum Gasteiger partial charge on any atom is -0.349 e. The Morgan fingerprint density at radius 2 is 1.88 bits per heavy atom. The van der Waals surface area contributed by atoms with Gasteiger partial charge in [-0.3, -0.25) is 4.90 Å². The van der Waals surface area contributed by atoms with Gasteiger partial charge in [0.15, 0.2) is 0 Å². The van der Waals surface area contributed by atoms with Crippen LogP contribution in [0.25, 0.3) is 0 Å². The Balaban J connectivity index is 1.69. The summed E-state index contributed by atoms with van der Waals surface area (Å²) in [7, 11) is 0. The molecule has 17 heavy (non-hydrogen) atoms. The molecule has 0 bridgehead atoms. The predicted molar refractivity (Wildman–Crippen MR) is 69.7 cm³/mol. The van der Waals surface area contributed by atoms with Crippen LogP contribution in [0.3, 0.4) is 0 Å². The van der Waals surface area contributed by atoms with Crippen LogP contribution in [0.1, 0.15) is 16.8 Å². The van der Waals surface area contributed by atoms with Crippen molar-refractivity contribution < 1.29 is 0 Å².